The van der Waals surface area contributed by atoms with Crippen LogP contribution in [0.25, 0.3) is 0 Å². The van der Waals surface area contributed by atoms with Crippen molar-refractivity contribution in [3.05, 3.63) is 29.6 Å². The topological polar surface area (TPSA) is 23.5 Å². The highest BCUT2D eigenvalue weighted by Gasteiger charge is 2.33. The van der Waals surface area contributed by atoms with Gasteiger partial charge in [-0.05, 0) is 32.9 Å². The maximum Gasteiger partial charge on any atom is 0.405 e. The van der Waals surface area contributed by atoms with Crippen molar-refractivity contribution in [1.29, 1.82) is 0 Å². The molecule has 0 heterocycles. The summed E-state index contributed by atoms with van der Waals surface area (Å²) in [6, 6.07) is 3.37. The molecule has 1 rings (SSSR count). The van der Waals surface area contributed by atoms with E-state index < -0.39 is 30.7 Å². The van der Waals surface area contributed by atoms with E-state index in [-0.39, 0.29) is 11.3 Å². The predicted molar refractivity (Wildman–Crippen MR) is 65.6 cm³/mol. The van der Waals surface area contributed by atoms with Crippen LogP contribution in [0.3, 0.4) is 0 Å². The van der Waals surface area contributed by atoms with Crippen molar-refractivity contribution >= 4 is 5.69 Å². The number of rotatable bonds is 4. The Morgan fingerprint density at radius 3 is 2.21 bits per heavy atom. The Labute approximate surface area is 109 Å². The molecule has 0 unspecified atom stereocenters. The van der Waals surface area contributed by atoms with E-state index in [0.29, 0.717) is 0 Å². The van der Waals surface area contributed by atoms with Crippen LogP contribution in [-0.4, -0.2) is 23.9 Å². The molecule has 0 bridgehead atoms. The summed E-state index contributed by atoms with van der Waals surface area (Å²) in [4.78, 5) is 1.03. The van der Waals surface area contributed by atoms with Gasteiger partial charge in [0.15, 0.2) is 0 Å². The van der Waals surface area contributed by atoms with Gasteiger partial charge in [-0.2, -0.15) is 13.2 Å². The van der Waals surface area contributed by atoms with Crippen LogP contribution in [0, 0.1) is 5.82 Å². The monoisotopic (exact) mass is 279 g/mol. The Morgan fingerprint density at radius 1 is 1.21 bits per heavy atom. The van der Waals surface area contributed by atoms with Crippen molar-refractivity contribution < 1.29 is 22.7 Å². The lowest BCUT2D eigenvalue weighted by molar-refractivity contribution is -0.120. The van der Waals surface area contributed by atoms with E-state index in [4.69, 9.17) is 0 Å². The minimum absolute atomic E-state index is 0.0716. The molecular weight excluding hydrogens is 262 g/mol. The highest BCUT2D eigenvalue weighted by Crippen LogP contribution is 2.32. The quantitative estimate of drug-likeness (QED) is 0.850. The molecule has 0 aliphatic carbocycles. The second-order valence-corrected chi connectivity index (χ2v) is 4.69. The molecule has 1 N–H and O–H groups in total. The second kappa shape index (κ2) is 5.77. The van der Waals surface area contributed by atoms with Crippen LogP contribution >= 0.6 is 0 Å². The molecule has 19 heavy (non-hydrogen) atoms. The highest BCUT2D eigenvalue weighted by atomic mass is 19.4. The summed E-state index contributed by atoms with van der Waals surface area (Å²) >= 11 is 0. The van der Waals surface area contributed by atoms with Gasteiger partial charge in [-0.15, -0.1) is 0 Å². The molecule has 0 saturated carbocycles. The highest BCUT2D eigenvalue weighted by molar-refractivity contribution is 5.56. The fourth-order valence-corrected chi connectivity index (χ4v) is 1.93. The molecule has 1 aromatic rings. The molecule has 0 fully saturated rings. The minimum atomic E-state index is -4.40. The smallest absolute Gasteiger partial charge is 0.389 e. The maximum atomic E-state index is 13.7. The predicted octanol–water partition coefficient (Wildman–Crippen LogP) is 3.66. The van der Waals surface area contributed by atoms with Crippen molar-refractivity contribution in [2.24, 2.45) is 0 Å². The van der Waals surface area contributed by atoms with Gasteiger partial charge in [0.2, 0.25) is 0 Å². The molecule has 0 amide bonds. The summed E-state index contributed by atoms with van der Waals surface area (Å²) in [6.45, 7) is 3.31. The van der Waals surface area contributed by atoms with E-state index in [2.05, 4.69) is 0 Å². The van der Waals surface area contributed by atoms with Gasteiger partial charge in [0.05, 0.1) is 6.10 Å². The largest absolute Gasteiger partial charge is 0.405 e. The van der Waals surface area contributed by atoms with Crippen molar-refractivity contribution in [2.45, 2.75) is 39.1 Å². The number of anilines is 1. The van der Waals surface area contributed by atoms with Gasteiger partial charge in [-0.25, -0.2) is 4.39 Å². The molecule has 0 aromatic heterocycles. The zero-order valence-corrected chi connectivity index (χ0v) is 11.0. The third-order valence-electron chi connectivity index (χ3n) is 2.73. The van der Waals surface area contributed by atoms with Gasteiger partial charge in [-0.3, -0.25) is 0 Å². The molecule has 0 saturated heterocycles. The summed E-state index contributed by atoms with van der Waals surface area (Å²) in [5.41, 5.74) is -0.0391. The Kier molecular flexibility index (Phi) is 4.79. The third-order valence-corrected chi connectivity index (χ3v) is 2.73. The Morgan fingerprint density at radius 2 is 1.79 bits per heavy atom. The van der Waals surface area contributed by atoms with Gasteiger partial charge < -0.3 is 10.0 Å². The first-order valence-electron chi connectivity index (χ1n) is 5.93. The first-order chi connectivity index (χ1) is 8.63. The van der Waals surface area contributed by atoms with Crippen molar-refractivity contribution in [3.8, 4) is 0 Å². The van der Waals surface area contributed by atoms with Crippen LogP contribution in [0.5, 0.6) is 0 Å². The van der Waals surface area contributed by atoms with Gasteiger partial charge in [0, 0.05) is 17.3 Å². The standard InChI is InChI=1S/C13H17F4NO/c1-8(2)18(7-13(15,16)17)11-6-4-5-10(14)12(11)9(3)19/h4-6,8-9,19H,7H2,1-3H3/t9-/m1/s1. The number of halogens is 4. The third kappa shape index (κ3) is 4.09. The van der Waals surface area contributed by atoms with E-state index in [1.165, 1.54) is 19.1 Å². The van der Waals surface area contributed by atoms with Crippen LogP contribution in [0.1, 0.15) is 32.4 Å². The molecule has 0 aliphatic rings. The molecule has 6 heteroatoms. The van der Waals surface area contributed by atoms with E-state index >= 15 is 0 Å². The summed E-state index contributed by atoms with van der Waals surface area (Å²) in [5, 5.41) is 9.57. The van der Waals surface area contributed by atoms with Crippen LogP contribution in [-0.2, 0) is 0 Å². The van der Waals surface area contributed by atoms with Crippen LogP contribution in [0.15, 0.2) is 18.2 Å². The molecule has 0 radical (unpaired) electrons. The normalized spacial score (nSPS) is 13.7. The van der Waals surface area contributed by atoms with E-state index in [9.17, 15) is 22.7 Å². The molecule has 0 spiro atoms. The number of hydrogen-bond donors (Lipinski definition) is 1. The number of nitrogens with zero attached hydrogens (tertiary/aromatic N) is 1. The number of aliphatic hydroxyl groups is 1. The molecule has 0 aliphatic heterocycles. The van der Waals surface area contributed by atoms with Crippen molar-refractivity contribution in [2.75, 3.05) is 11.4 Å². The number of alkyl halides is 3. The maximum absolute atomic E-state index is 13.7. The lowest BCUT2D eigenvalue weighted by Crippen LogP contribution is -2.40. The average molecular weight is 279 g/mol. The van der Waals surface area contributed by atoms with Crippen LogP contribution in [0.4, 0.5) is 23.2 Å². The second-order valence-electron chi connectivity index (χ2n) is 4.69. The van der Waals surface area contributed by atoms with Crippen molar-refractivity contribution in [3.63, 3.8) is 0 Å². The Hall–Kier alpha value is -1.30. The number of hydrogen-bond acceptors (Lipinski definition) is 2. The first-order valence-corrected chi connectivity index (χ1v) is 5.93. The van der Waals surface area contributed by atoms with E-state index in [0.717, 1.165) is 11.0 Å². The Balaban J connectivity index is 3.27. The molecule has 108 valence electrons. The molecular formula is C13H17F4NO. The van der Waals surface area contributed by atoms with Crippen LogP contribution < -0.4 is 4.90 Å². The van der Waals surface area contributed by atoms with Crippen LogP contribution in [0.2, 0.25) is 0 Å². The fraction of sp³-hybridized carbons (Fsp3) is 0.538. The van der Waals surface area contributed by atoms with Gasteiger partial charge in [-0.1, -0.05) is 6.07 Å². The SMILES string of the molecule is CC(C)N(CC(F)(F)F)c1cccc(F)c1[C@@H](C)O. The number of benzene rings is 1. The number of aliphatic hydroxyl groups excluding tert-OH is 1. The molecule has 1 atom stereocenters. The summed E-state index contributed by atoms with van der Waals surface area (Å²) < 4.78 is 51.5. The lowest BCUT2D eigenvalue weighted by atomic mass is 10.1. The average Bonchev–Trinajstić information content (AvgIpc) is 2.23. The summed E-state index contributed by atoms with van der Waals surface area (Å²) in [6.07, 6.45) is -5.57. The minimum Gasteiger partial charge on any atom is -0.389 e. The van der Waals surface area contributed by atoms with Gasteiger partial charge in [0.25, 0.3) is 0 Å². The summed E-state index contributed by atoms with van der Waals surface area (Å²) in [7, 11) is 0. The van der Waals surface area contributed by atoms with Crippen molar-refractivity contribution in [1.82, 2.24) is 0 Å². The van der Waals surface area contributed by atoms with E-state index in [1.54, 1.807) is 13.8 Å². The van der Waals surface area contributed by atoms with Gasteiger partial charge >= 0.3 is 6.18 Å². The fourth-order valence-electron chi connectivity index (χ4n) is 1.93. The zero-order valence-electron chi connectivity index (χ0n) is 11.0. The summed E-state index contributed by atoms with van der Waals surface area (Å²) in [5.74, 6) is -0.708. The lowest BCUT2D eigenvalue weighted by Gasteiger charge is -2.32. The Bertz CT molecular complexity index is 429. The molecule has 2 nitrogen and oxygen atoms in total. The molecule has 1 aromatic carbocycles. The van der Waals surface area contributed by atoms with Gasteiger partial charge in [0.1, 0.15) is 12.4 Å². The zero-order chi connectivity index (χ0) is 14.8. The first kappa shape index (κ1) is 15.8. The van der Waals surface area contributed by atoms with E-state index in [1.807, 2.05) is 0 Å².